The largest absolute Gasteiger partial charge is 0.237 e. The van der Waals surface area contributed by atoms with Gasteiger partial charge in [-0.25, -0.2) is 9.59 Å². The third kappa shape index (κ3) is 5.54. The Morgan fingerprint density at radius 3 is 2.17 bits per heavy atom. The van der Waals surface area contributed by atoms with E-state index < -0.39 is 0 Å². The van der Waals surface area contributed by atoms with E-state index in [-0.39, 0.29) is 6.17 Å². The molecule has 0 aliphatic heterocycles. The first-order valence-corrected chi connectivity index (χ1v) is 3.66. The lowest BCUT2D eigenvalue weighted by Gasteiger charge is -1.98. The highest BCUT2D eigenvalue weighted by molar-refractivity contribution is 5.39. The third-order valence-corrected chi connectivity index (χ3v) is 1.25. The highest BCUT2D eigenvalue weighted by Gasteiger charge is 2.04. The van der Waals surface area contributed by atoms with Gasteiger partial charge in [-0.2, -0.15) is 9.98 Å². The molecule has 0 rings (SSSR count). The van der Waals surface area contributed by atoms with Crippen LogP contribution in [0.3, 0.4) is 0 Å². The standard InChI is InChI=1S/C8H10N2O2/c1-2-3-4-5-8(9-6-11)10-7-12/h1-5H2. The Hall–Kier alpha value is -1.24. The summed E-state index contributed by atoms with van der Waals surface area (Å²) in [7, 11) is 0. The minimum absolute atomic E-state index is 0.188. The Morgan fingerprint density at radius 2 is 1.75 bits per heavy atom. The lowest BCUT2D eigenvalue weighted by molar-refractivity contribution is 0.556. The first-order valence-electron chi connectivity index (χ1n) is 3.66. The van der Waals surface area contributed by atoms with E-state index in [1.165, 1.54) is 12.2 Å². The van der Waals surface area contributed by atoms with Gasteiger partial charge in [0, 0.05) is 0 Å². The fraction of sp³-hybridized carbons (Fsp3) is 0.500. The van der Waals surface area contributed by atoms with Crippen molar-refractivity contribution in [2.45, 2.75) is 25.7 Å². The fourth-order valence-corrected chi connectivity index (χ4v) is 0.702. The van der Waals surface area contributed by atoms with E-state index in [1.807, 2.05) is 0 Å². The molecule has 0 aliphatic carbocycles. The summed E-state index contributed by atoms with van der Waals surface area (Å²) in [6.45, 7) is 3.65. The molecule has 0 aliphatic rings. The van der Waals surface area contributed by atoms with E-state index in [2.05, 4.69) is 16.9 Å². The van der Waals surface area contributed by atoms with Crippen LogP contribution in [0.2, 0.25) is 0 Å². The van der Waals surface area contributed by atoms with Gasteiger partial charge < -0.3 is 0 Å². The first-order chi connectivity index (χ1) is 5.85. The number of unbranched alkanes of at least 4 members (excludes halogenated alkanes) is 2. The number of aliphatic imine (C=N–C) groups is 2. The number of nitrogens with zero attached hydrogens (tertiary/aromatic N) is 2. The SMILES string of the molecule is [CH2]CCCC[C](N=C=O)N=C=O. The average molecular weight is 166 g/mol. The van der Waals surface area contributed by atoms with Crippen molar-refractivity contribution in [3.05, 3.63) is 13.1 Å². The highest BCUT2D eigenvalue weighted by Crippen LogP contribution is 2.13. The summed E-state index contributed by atoms with van der Waals surface area (Å²) >= 11 is 0. The summed E-state index contributed by atoms with van der Waals surface area (Å²) in [5.41, 5.74) is 0. The molecule has 0 saturated carbocycles. The minimum atomic E-state index is 0.188. The molecule has 2 radical (unpaired) electrons. The number of rotatable bonds is 6. The Morgan fingerprint density at radius 1 is 1.17 bits per heavy atom. The van der Waals surface area contributed by atoms with E-state index in [0.29, 0.717) is 6.42 Å². The summed E-state index contributed by atoms with van der Waals surface area (Å²) < 4.78 is 0. The molecule has 0 aromatic heterocycles. The molecule has 64 valence electrons. The van der Waals surface area contributed by atoms with Crippen molar-refractivity contribution in [2.24, 2.45) is 9.98 Å². The van der Waals surface area contributed by atoms with Crippen LogP contribution in [0.5, 0.6) is 0 Å². The third-order valence-electron chi connectivity index (χ3n) is 1.25. The second kappa shape index (κ2) is 7.86. The zero-order chi connectivity index (χ0) is 9.23. The molecular formula is C8H10N2O2. The summed E-state index contributed by atoms with van der Waals surface area (Å²) in [6.07, 6.45) is 5.91. The van der Waals surface area contributed by atoms with E-state index in [9.17, 15) is 9.59 Å². The van der Waals surface area contributed by atoms with E-state index in [0.717, 1.165) is 19.3 Å². The van der Waals surface area contributed by atoms with Crippen molar-refractivity contribution < 1.29 is 9.59 Å². The summed E-state index contributed by atoms with van der Waals surface area (Å²) in [4.78, 5) is 26.1. The zero-order valence-corrected chi connectivity index (χ0v) is 6.75. The van der Waals surface area contributed by atoms with Crippen LogP contribution in [0.15, 0.2) is 9.98 Å². The Bertz CT molecular complexity index is 185. The molecule has 12 heavy (non-hydrogen) atoms. The number of isocyanates is 2. The van der Waals surface area contributed by atoms with E-state index >= 15 is 0 Å². The molecule has 0 N–H and O–H groups in total. The average Bonchev–Trinajstić information content (AvgIpc) is 2.06. The van der Waals surface area contributed by atoms with Crippen LogP contribution in [-0.2, 0) is 9.59 Å². The molecule has 4 heteroatoms. The monoisotopic (exact) mass is 166 g/mol. The lowest BCUT2D eigenvalue weighted by atomic mass is 10.2. The second-order valence-corrected chi connectivity index (χ2v) is 2.13. The summed E-state index contributed by atoms with van der Waals surface area (Å²) in [5, 5.41) is 0. The highest BCUT2D eigenvalue weighted by atomic mass is 16.1. The van der Waals surface area contributed by atoms with Gasteiger partial charge in [0.25, 0.3) is 0 Å². The minimum Gasteiger partial charge on any atom is -0.211 e. The van der Waals surface area contributed by atoms with Gasteiger partial charge in [0.05, 0.1) is 0 Å². The smallest absolute Gasteiger partial charge is 0.211 e. The number of hydrogen-bond acceptors (Lipinski definition) is 4. The predicted octanol–water partition coefficient (Wildman–Crippen LogP) is 1.54. The molecule has 0 unspecified atom stereocenters. The number of carbonyl (C=O) groups excluding carboxylic acids is 2. The fourth-order valence-electron chi connectivity index (χ4n) is 0.702. The van der Waals surface area contributed by atoms with Gasteiger partial charge in [0.15, 0.2) is 0 Å². The normalized spacial score (nSPS) is 8.83. The van der Waals surface area contributed by atoms with Gasteiger partial charge >= 0.3 is 0 Å². The quantitative estimate of drug-likeness (QED) is 0.341. The molecule has 0 aromatic carbocycles. The van der Waals surface area contributed by atoms with Gasteiger partial charge in [-0.3, -0.25) is 0 Å². The molecule has 0 saturated heterocycles. The molecule has 0 atom stereocenters. The lowest BCUT2D eigenvalue weighted by Crippen LogP contribution is -1.89. The van der Waals surface area contributed by atoms with Gasteiger partial charge in [0.1, 0.15) is 0 Å². The first kappa shape index (κ1) is 10.8. The van der Waals surface area contributed by atoms with E-state index in [1.54, 1.807) is 0 Å². The Balaban J connectivity index is 3.78. The van der Waals surface area contributed by atoms with Gasteiger partial charge in [-0.15, -0.1) is 0 Å². The maximum atomic E-state index is 9.81. The summed E-state index contributed by atoms with van der Waals surface area (Å²) in [6, 6.07) is 0. The van der Waals surface area contributed by atoms with Crippen molar-refractivity contribution in [3.8, 4) is 0 Å². The van der Waals surface area contributed by atoms with Crippen molar-refractivity contribution >= 4 is 12.2 Å². The molecule has 0 amide bonds. The van der Waals surface area contributed by atoms with Crippen LogP contribution in [0.4, 0.5) is 0 Å². The van der Waals surface area contributed by atoms with Gasteiger partial charge in [-0.1, -0.05) is 19.8 Å². The molecule has 0 heterocycles. The molecule has 0 spiro atoms. The maximum absolute atomic E-state index is 9.81. The van der Waals surface area contributed by atoms with Crippen molar-refractivity contribution in [2.75, 3.05) is 0 Å². The van der Waals surface area contributed by atoms with Crippen LogP contribution in [-0.4, -0.2) is 12.2 Å². The topological polar surface area (TPSA) is 58.9 Å². The van der Waals surface area contributed by atoms with Crippen LogP contribution in [0, 0.1) is 13.1 Å². The van der Waals surface area contributed by atoms with Crippen molar-refractivity contribution in [1.82, 2.24) is 0 Å². The maximum Gasteiger partial charge on any atom is 0.237 e. The van der Waals surface area contributed by atoms with Crippen LogP contribution >= 0.6 is 0 Å². The predicted molar refractivity (Wildman–Crippen MR) is 43.3 cm³/mol. The molecule has 4 nitrogen and oxygen atoms in total. The van der Waals surface area contributed by atoms with E-state index in [4.69, 9.17) is 0 Å². The second-order valence-electron chi connectivity index (χ2n) is 2.13. The van der Waals surface area contributed by atoms with Crippen LogP contribution in [0.25, 0.3) is 0 Å². The number of hydrogen-bond donors (Lipinski definition) is 0. The van der Waals surface area contributed by atoms with Crippen LogP contribution < -0.4 is 0 Å². The molecular weight excluding hydrogens is 156 g/mol. The van der Waals surface area contributed by atoms with Gasteiger partial charge in [-0.05, 0) is 12.8 Å². The summed E-state index contributed by atoms with van der Waals surface area (Å²) in [5.74, 6) is 0. The zero-order valence-electron chi connectivity index (χ0n) is 6.75. The molecule has 0 bridgehead atoms. The Kier molecular flexibility index (Phi) is 7.05. The Labute approximate surface area is 71.4 Å². The van der Waals surface area contributed by atoms with Gasteiger partial charge in [0.2, 0.25) is 18.3 Å². The molecule has 0 aromatic rings. The van der Waals surface area contributed by atoms with Crippen molar-refractivity contribution in [3.63, 3.8) is 0 Å². The van der Waals surface area contributed by atoms with Crippen molar-refractivity contribution in [1.29, 1.82) is 0 Å². The van der Waals surface area contributed by atoms with Crippen LogP contribution in [0.1, 0.15) is 25.7 Å². The molecule has 0 fully saturated rings.